The molecule has 0 bridgehead atoms. The van der Waals surface area contributed by atoms with Gasteiger partial charge < -0.3 is 4.74 Å². The van der Waals surface area contributed by atoms with Gasteiger partial charge in [0.2, 0.25) is 0 Å². The lowest BCUT2D eigenvalue weighted by atomic mass is 9.93. The highest BCUT2D eigenvalue weighted by Crippen LogP contribution is 2.35. The lowest BCUT2D eigenvalue weighted by Crippen LogP contribution is -2.17. The van der Waals surface area contributed by atoms with E-state index in [0.717, 1.165) is 6.42 Å². The van der Waals surface area contributed by atoms with Crippen LogP contribution < -0.4 is 0 Å². The summed E-state index contributed by atoms with van der Waals surface area (Å²) >= 11 is 0. The zero-order valence-corrected chi connectivity index (χ0v) is 11.1. The minimum absolute atomic E-state index is 0.161. The van der Waals surface area contributed by atoms with Gasteiger partial charge in [0.15, 0.2) is 0 Å². The van der Waals surface area contributed by atoms with Gasteiger partial charge in [-0.1, -0.05) is 66.7 Å². The first-order valence-corrected chi connectivity index (χ1v) is 6.79. The van der Waals surface area contributed by atoms with Crippen LogP contribution in [0.15, 0.2) is 66.7 Å². The maximum Gasteiger partial charge on any atom is 0.0873 e. The van der Waals surface area contributed by atoms with Crippen LogP contribution in [0.2, 0.25) is 0 Å². The molecule has 1 nitrogen and oxygen atoms in total. The number of benzene rings is 2. The highest BCUT2D eigenvalue weighted by atomic mass is 16.5. The minimum Gasteiger partial charge on any atom is -0.366 e. The molecule has 1 heteroatoms. The first-order valence-electron chi connectivity index (χ1n) is 6.79. The normalized spacial score (nSPS) is 22.9. The lowest BCUT2D eigenvalue weighted by Gasteiger charge is -2.28. The highest BCUT2D eigenvalue weighted by molar-refractivity contribution is 5.67. The summed E-state index contributed by atoms with van der Waals surface area (Å²) in [7, 11) is 0. The van der Waals surface area contributed by atoms with E-state index < -0.39 is 0 Å². The average molecular weight is 250 g/mol. The molecule has 1 aliphatic heterocycles. The lowest BCUT2D eigenvalue weighted by molar-refractivity contribution is 0.0174. The van der Waals surface area contributed by atoms with Crippen molar-refractivity contribution in [2.24, 2.45) is 0 Å². The van der Waals surface area contributed by atoms with Crippen molar-refractivity contribution in [3.63, 3.8) is 0 Å². The standard InChI is InChI=1S/C18H18O/c1-14-12-17(15-8-4-2-5-9-15)13-18(19-14)16-10-6-3-7-11-16/h2-12,14,18H,13H2,1H3/t14-,18-/m0/s1. The Bertz CT molecular complexity index is 557. The van der Waals surface area contributed by atoms with Crippen LogP contribution in [0.4, 0.5) is 0 Å². The minimum atomic E-state index is 0.161. The van der Waals surface area contributed by atoms with Gasteiger partial charge in [-0.25, -0.2) is 0 Å². The van der Waals surface area contributed by atoms with Crippen LogP contribution in [0, 0.1) is 0 Å². The van der Waals surface area contributed by atoms with Crippen molar-refractivity contribution in [1.29, 1.82) is 0 Å². The van der Waals surface area contributed by atoms with Gasteiger partial charge in [-0.15, -0.1) is 0 Å². The fourth-order valence-electron chi connectivity index (χ4n) is 2.63. The summed E-state index contributed by atoms with van der Waals surface area (Å²) in [5.41, 5.74) is 3.95. The van der Waals surface area contributed by atoms with E-state index in [4.69, 9.17) is 4.74 Å². The maximum atomic E-state index is 6.05. The van der Waals surface area contributed by atoms with Crippen molar-refractivity contribution in [2.45, 2.75) is 25.6 Å². The average Bonchev–Trinajstić information content (AvgIpc) is 2.48. The summed E-state index contributed by atoms with van der Waals surface area (Å²) in [5.74, 6) is 0. The van der Waals surface area contributed by atoms with E-state index in [1.54, 1.807) is 0 Å². The zero-order valence-electron chi connectivity index (χ0n) is 11.1. The second-order valence-electron chi connectivity index (χ2n) is 5.00. The molecule has 3 rings (SSSR count). The van der Waals surface area contributed by atoms with E-state index in [1.807, 2.05) is 6.07 Å². The number of rotatable bonds is 2. The van der Waals surface area contributed by atoms with Crippen LogP contribution in [0.3, 0.4) is 0 Å². The van der Waals surface area contributed by atoms with Crippen molar-refractivity contribution in [2.75, 3.05) is 0 Å². The van der Waals surface area contributed by atoms with E-state index in [0.29, 0.717) is 0 Å². The van der Waals surface area contributed by atoms with Crippen molar-refractivity contribution in [3.05, 3.63) is 77.9 Å². The molecule has 1 aliphatic rings. The van der Waals surface area contributed by atoms with E-state index >= 15 is 0 Å². The molecular formula is C18H18O. The molecule has 0 amide bonds. The van der Waals surface area contributed by atoms with Crippen LogP contribution in [0.25, 0.3) is 5.57 Å². The molecule has 2 aromatic carbocycles. The third-order valence-corrected chi connectivity index (χ3v) is 3.54. The van der Waals surface area contributed by atoms with Gasteiger partial charge in [-0.05, 0) is 23.6 Å². The Morgan fingerprint density at radius 2 is 1.53 bits per heavy atom. The summed E-state index contributed by atoms with van der Waals surface area (Å²) in [6, 6.07) is 21.1. The van der Waals surface area contributed by atoms with Crippen LogP contribution in [0.5, 0.6) is 0 Å². The predicted octanol–water partition coefficient (Wildman–Crippen LogP) is 4.62. The first kappa shape index (κ1) is 12.2. The molecule has 0 radical (unpaired) electrons. The van der Waals surface area contributed by atoms with E-state index in [2.05, 4.69) is 67.6 Å². The molecule has 0 spiro atoms. The van der Waals surface area contributed by atoms with Gasteiger partial charge in [-0.2, -0.15) is 0 Å². The second kappa shape index (κ2) is 5.41. The molecule has 2 atom stereocenters. The van der Waals surface area contributed by atoms with Gasteiger partial charge in [0, 0.05) is 6.42 Å². The van der Waals surface area contributed by atoms with Crippen LogP contribution in [-0.2, 0) is 4.74 Å². The third-order valence-electron chi connectivity index (χ3n) is 3.54. The Balaban J connectivity index is 1.88. The Labute approximate surface area is 114 Å². The van der Waals surface area contributed by atoms with Gasteiger partial charge in [0.05, 0.1) is 12.2 Å². The fourth-order valence-corrected chi connectivity index (χ4v) is 2.63. The SMILES string of the molecule is C[C@H]1C=C(c2ccccc2)C[C@@H](c2ccccc2)O1. The number of hydrogen-bond donors (Lipinski definition) is 0. The first-order chi connectivity index (χ1) is 9.33. The van der Waals surface area contributed by atoms with Crippen LogP contribution in [0.1, 0.15) is 30.6 Å². The van der Waals surface area contributed by atoms with Gasteiger partial charge >= 0.3 is 0 Å². The van der Waals surface area contributed by atoms with Crippen molar-refractivity contribution in [1.82, 2.24) is 0 Å². The smallest absolute Gasteiger partial charge is 0.0873 e. The topological polar surface area (TPSA) is 9.23 Å². The molecule has 0 aliphatic carbocycles. The Morgan fingerprint density at radius 1 is 0.895 bits per heavy atom. The monoisotopic (exact) mass is 250 g/mol. The number of hydrogen-bond acceptors (Lipinski definition) is 1. The Morgan fingerprint density at radius 3 is 2.21 bits per heavy atom. The van der Waals surface area contributed by atoms with Crippen LogP contribution in [-0.4, -0.2) is 6.10 Å². The maximum absolute atomic E-state index is 6.05. The quantitative estimate of drug-likeness (QED) is 0.755. The van der Waals surface area contributed by atoms with Gasteiger partial charge in [0.1, 0.15) is 0 Å². The van der Waals surface area contributed by atoms with Crippen molar-refractivity contribution < 1.29 is 4.74 Å². The molecule has 0 saturated carbocycles. The molecule has 0 aromatic heterocycles. The molecule has 19 heavy (non-hydrogen) atoms. The fraction of sp³-hybridized carbons (Fsp3) is 0.222. The molecule has 0 unspecified atom stereocenters. The molecule has 0 saturated heterocycles. The third kappa shape index (κ3) is 2.77. The highest BCUT2D eigenvalue weighted by Gasteiger charge is 2.22. The molecular weight excluding hydrogens is 232 g/mol. The van der Waals surface area contributed by atoms with Gasteiger partial charge in [-0.3, -0.25) is 0 Å². The zero-order chi connectivity index (χ0) is 13.1. The molecule has 2 aromatic rings. The Kier molecular flexibility index (Phi) is 3.47. The van der Waals surface area contributed by atoms with E-state index in [1.165, 1.54) is 16.7 Å². The summed E-state index contributed by atoms with van der Waals surface area (Å²) in [6.07, 6.45) is 3.50. The second-order valence-corrected chi connectivity index (χ2v) is 5.00. The predicted molar refractivity (Wildman–Crippen MR) is 78.8 cm³/mol. The largest absolute Gasteiger partial charge is 0.366 e. The summed E-state index contributed by atoms with van der Waals surface area (Å²) in [5, 5.41) is 0. The summed E-state index contributed by atoms with van der Waals surface area (Å²) in [4.78, 5) is 0. The molecule has 1 heterocycles. The molecule has 0 fully saturated rings. The van der Waals surface area contributed by atoms with Gasteiger partial charge in [0.25, 0.3) is 0 Å². The summed E-state index contributed by atoms with van der Waals surface area (Å²) < 4.78 is 6.05. The van der Waals surface area contributed by atoms with E-state index in [-0.39, 0.29) is 12.2 Å². The van der Waals surface area contributed by atoms with Crippen LogP contribution >= 0.6 is 0 Å². The summed E-state index contributed by atoms with van der Waals surface area (Å²) in [6.45, 7) is 2.11. The molecule has 0 N–H and O–H groups in total. The van der Waals surface area contributed by atoms with Crippen molar-refractivity contribution in [3.8, 4) is 0 Å². The Hall–Kier alpha value is -1.86. The van der Waals surface area contributed by atoms with Crippen molar-refractivity contribution >= 4 is 5.57 Å². The molecule has 96 valence electrons. The van der Waals surface area contributed by atoms with E-state index in [9.17, 15) is 0 Å². The number of ether oxygens (including phenoxy) is 1.